The van der Waals surface area contributed by atoms with Crippen molar-refractivity contribution in [2.45, 2.75) is 13.2 Å². The minimum atomic E-state index is -0.307. The number of carbonyl (C=O) groups excluding carboxylic acids is 2. The molecule has 2 amide bonds. The average molecular weight is 592 g/mol. The van der Waals surface area contributed by atoms with E-state index in [1.807, 2.05) is 48.5 Å². The Balaban J connectivity index is 1.52. The number of amides is 2. The summed E-state index contributed by atoms with van der Waals surface area (Å²) in [7, 11) is 1.56. The molecule has 0 unspecified atom stereocenters. The zero-order valence-corrected chi connectivity index (χ0v) is 21.3. The van der Waals surface area contributed by atoms with Crippen molar-refractivity contribution in [3.05, 3.63) is 96.9 Å². The third-order valence-corrected chi connectivity index (χ3v) is 6.95. The van der Waals surface area contributed by atoms with Crippen molar-refractivity contribution in [1.82, 2.24) is 4.90 Å². The first-order valence-corrected chi connectivity index (χ1v) is 12.3. The Morgan fingerprint density at radius 1 is 1.03 bits per heavy atom. The maximum Gasteiger partial charge on any atom is 0.293 e. The first-order chi connectivity index (χ1) is 15.9. The molecule has 0 atom stereocenters. The van der Waals surface area contributed by atoms with Gasteiger partial charge in [0, 0.05) is 14.2 Å². The average Bonchev–Trinajstić information content (AvgIpc) is 3.07. The van der Waals surface area contributed by atoms with Crippen LogP contribution in [0.1, 0.15) is 16.7 Å². The van der Waals surface area contributed by atoms with E-state index in [-0.39, 0.29) is 24.3 Å². The Bertz CT molecular complexity index is 1230. The van der Waals surface area contributed by atoms with Crippen molar-refractivity contribution in [1.29, 1.82) is 0 Å². The number of hydrogen-bond acceptors (Lipinski definition) is 5. The first kappa shape index (κ1) is 23.7. The lowest BCUT2D eigenvalue weighted by Gasteiger charge is -2.13. The molecule has 8 heteroatoms. The minimum absolute atomic E-state index is 0.244. The van der Waals surface area contributed by atoms with Gasteiger partial charge >= 0.3 is 0 Å². The molecule has 1 aliphatic heterocycles. The predicted molar refractivity (Wildman–Crippen MR) is 139 cm³/mol. The molecule has 1 heterocycles. The molecule has 4 rings (SSSR count). The van der Waals surface area contributed by atoms with Crippen molar-refractivity contribution in [2.24, 2.45) is 0 Å². The fourth-order valence-electron chi connectivity index (χ4n) is 3.23. The van der Waals surface area contributed by atoms with Crippen LogP contribution in [0.25, 0.3) is 6.08 Å². The van der Waals surface area contributed by atoms with Gasteiger partial charge < -0.3 is 9.47 Å². The maximum absolute atomic E-state index is 12.9. The number of methoxy groups -OCH3 is 1. The van der Waals surface area contributed by atoms with Crippen LogP contribution in [0.15, 0.2) is 71.6 Å². The van der Waals surface area contributed by atoms with Crippen LogP contribution in [0.2, 0.25) is 5.02 Å². The number of thioether (sulfide) groups is 1. The zero-order chi connectivity index (χ0) is 23.4. The molecule has 0 radical (unpaired) electrons. The van der Waals surface area contributed by atoms with Crippen LogP contribution >= 0.6 is 46.0 Å². The molecule has 33 heavy (non-hydrogen) atoms. The van der Waals surface area contributed by atoms with Crippen LogP contribution in [0.3, 0.4) is 0 Å². The fourth-order valence-corrected chi connectivity index (χ4v) is 4.62. The SMILES string of the molecule is COc1ccc(/C=C2\SC(=O)N(Cc3ccc(I)cc3)C2=O)cc1OCc1ccccc1Cl. The summed E-state index contributed by atoms with van der Waals surface area (Å²) < 4.78 is 12.4. The largest absolute Gasteiger partial charge is 0.493 e. The Kier molecular flexibility index (Phi) is 7.62. The zero-order valence-electron chi connectivity index (χ0n) is 17.6. The molecule has 0 bridgehead atoms. The number of hydrogen-bond donors (Lipinski definition) is 0. The number of ether oxygens (including phenoxy) is 2. The number of rotatable bonds is 7. The van der Waals surface area contributed by atoms with E-state index in [2.05, 4.69) is 22.6 Å². The maximum atomic E-state index is 12.9. The highest BCUT2D eigenvalue weighted by atomic mass is 127. The highest BCUT2D eigenvalue weighted by molar-refractivity contribution is 14.1. The molecular weight excluding hydrogens is 573 g/mol. The number of benzene rings is 3. The number of nitrogens with zero attached hydrogens (tertiary/aromatic N) is 1. The van der Waals surface area contributed by atoms with E-state index in [4.69, 9.17) is 21.1 Å². The summed E-state index contributed by atoms with van der Waals surface area (Å²) in [5, 5.41) is 0.336. The quantitative estimate of drug-likeness (QED) is 0.224. The Labute approximate surface area is 214 Å². The summed E-state index contributed by atoms with van der Waals surface area (Å²) in [6.45, 7) is 0.514. The monoisotopic (exact) mass is 591 g/mol. The van der Waals surface area contributed by atoms with Gasteiger partial charge in [0.1, 0.15) is 6.61 Å². The summed E-state index contributed by atoms with van der Waals surface area (Å²) >= 11 is 9.37. The van der Waals surface area contributed by atoms with Crippen LogP contribution in [0.5, 0.6) is 11.5 Å². The molecule has 1 fully saturated rings. The summed E-state index contributed by atoms with van der Waals surface area (Å²) in [6.07, 6.45) is 1.70. The van der Waals surface area contributed by atoms with Crippen molar-refractivity contribution in [3.8, 4) is 11.5 Å². The molecule has 0 saturated carbocycles. The lowest BCUT2D eigenvalue weighted by Crippen LogP contribution is -2.27. The van der Waals surface area contributed by atoms with E-state index < -0.39 is 0 Å². The molecule has 3 aromatic carbocycles. The predicted octanol–water partition coefficient (Wildman–Crippen LogP) is 6.77. The normalized spacial score (nSPS) is 14.8. The van der Waals surface area contributed by atoms with E-state index in [0.717, 1.165) is 32.0 Å². The van der Waals surface area contributed by atoms with Gasteiger partial charge in [-0.2, -0.15) is 0 Å². The van der Waals surface area contributed by atoms with Crippen LogP contribution in [-0.2, 0) is 17.9 Å². The van der Waals surface area contributed by atoms with Crippen molar-refractivity contribution in [3.63, 3.8) is 0 Å². The molecule has 0 N–H and O–H groups in total. The highest BCUT2D eigenvalue weighted by Crippen LogP contribution is 2.35. The molecule has 5 nitrogen and oxygen atoms in total. The Morgan fingerprint density at radius 3 is 2.52 bits per heavy atom. The lowest BCUT2D eigenvalue weighted by atomic mass is 10.1. The van der Waals surface area contributed by atoms with Crippen molar-refractivity contribution in [2.75, 3.05) is 7.11 Å². The van der Waals surface area contributed by atoms with Crippen LogP contribution in [-0.4, -0.2) is 23.2 Å². The van der Waals surface area contributed by atoms with Crippen LogP contribution in [0.4, 0.5) is 4.79 Å². The molecular formula is C25H19ClINO4S. The molecule has 0 aromatic heterocycles. The van der Waals surface area contributed by atoms with Crippen LogP contribution < -0.4 is 9.47 Å². The molecule has 3 aromatic rings. The standard InChI is InChI=1S/C25H19ClINO4S/c1-31-21-11-8-17(12-22(21)32-15-18-4-2-3-5-20(18)26)13-23-24(29)28(25(30)33-23)14-16-6-9-19(27)10-7-16/h2-13H,14-15H2,1H3/b23-13-. The van der Waals surface area contributed by atoms with Crippen LogP contribution in [0, 0.1) is 3.57 Å². The topological polar surface area (TPSA) is 55.8 Å². The molecule has 168 valence electrons. The first-order valence-electron chi connectivity index (χ1n) is 9.98. The number of carbonyl (C=O) groups is 2. The van der Waals surface area contributed by atoms with Gasteiger partial charge in [-0.1, -0.05) is 48.0 Å². The number of imide groups is 1. The summed E-state index contributed by atoms with van der Waals surface area (Å²) in [5.41, 5.74) is 2.48. The van der Waals surface area contributed by atoms with Gasteiger partial charge in [-0.15, -0.1) is 0 Å². The lowest BCUT2D eigenvalue weighted by molar-refractivity contribution is -0.123. The Morgan fingerprint density at radius 2 is 1.79 bits per heavy atom. The summed E-state index contributed by atoms with van der Waals surface area (Å²) in [4.78, 5) is 27.0. The third kappa shape index (κ3) is 5.72. The second kappa shape index (κ2) is 10.6. The van der Waals surface area contributed by atoms with Crippen molar-refractivity contribution < 1.29 is 19.1 Å². The molecule has 0 spiro atoms. The third-order valence-electron chi connectivity index (χ3n) is 4.95. The van der Waals surface area contributed by atoms with Gasteiger partial charge in [0.2, 0.25) is 0 Å². The van der Waals surface area contributed by atoms with E-state index in [1.54, 1.807) is 31.4 Å². The molecule has 0 aliphatic carbocycles. The second-order valence-corrected chi connectivity index (χ2v) is 9.83. The fraction of sp³-hybridized carbons (Fsp3) is 0.120. The van der Waals surface area contributed by atoms with E-state index in [9.17, 15) is 9.59 Å². The molecule has 1 aliphatic rings. The molecule has 1 saturated heterocycles. The highest BCUT2D eigenvalue weighted by Gasteiger charge is 2.35. The van der Waals surface area contributed by atoms with Gasteiger partial charge in [0.05, 0.1) is 18.6 Å². The summed E-state index contributed by atoms with van der Waals surface area (Å²) in [5.74, 6) is 0.771. The van der Waals surface area contributed by atoms with Gasteiger partial charge in [-0.05, 0) is 81.9 Å². The Hall–Kier alpha value is -2.49. The second-order valence-electron chi connectivity index (χ2n) is 7.18. The van der Waals surface area contributed by atoms with Gasteiger partial charge in [0.25, 0.3) is 11.1 Å². The van der Waals surface area contributed by atoms with Gasteiger partial charge in [-0.3, -0.25) is 14.5 Å². The van der Waals surface area contributed by atoms with E-state index in [1.165, 1.54) is 4.90 Å². The summed E-state index contributed by atoms with van der Waals surface area (Å²) in [6, 6.07) is 20.5. The van der Waals surface area contributed by atoms with E-state index in [0.29, 0.717) is 21.4 Å². The van der Waals surface area contributed by atoms with Gasteiger partial charge in [-0.25, -0.2) is 0 Å². The van der Waals surface area contributed by atoms with Crippen molar-refractivity contribution >= 4 is 63.2 Å². The number of halogens is 2. The van der Waals surface area contributed by atoms with E-state index >= 15 is 0 Å². The smallest absolute Gasteiger partial charge is 0.293 e. The minimum Gasteiger partial charge on any atom is -0.493 e. The van der Waals surface area contributed by atoms with Gasteiger partial charge in [0.15, 0.2) is 11.5 Å².